The first kappa shape index (κ1) is 19.2. The quantitative estimate of drug-likeness (QED) is 0.668. The number of aromatic nitrogens is 3. The maximum atomic E-state index is 11.9. The number of benzene rings is 1. The maximum Gasteiger partial charge on any atom is 0.224 e. The number of para-hydroxylation sites is 2. The fourth-order valence-corrected chi connectivity index (χ4v) is 3.34. The Balaban J connectivity index is 1.72. The van der Waals surface area contributed by atoms with Gasteiger partial charge in [0.15, 0.2) is 5.65 Å². The lowest BCUT2D eigenvalue weighted by atomic mass is 10.2. The van der Waals surface area contributed by atoms with Crippen molar-refractivity contribution < 1.29 is 9.53 Å². The first-order chi connectivity index (χ1) is 14.2. The normalized spacial score (nSPS) is 14.2. The summed E-state index contributed by atoms with van der Waals surface area (Å²) >= 11 is 0. The number of hydrogen-bond acceptors (Lipinski definition) is 6. The van der Waals surface area contributed by atoms with Gasteiger partial charge in [-0.15, -0.1) is 0 Å². The zero-order chi connectivity index (χ0) is 20.2. The third-order valence-electron chi connectivity index (χ3n) is 4.94. The van der Waals surface area contributed by atoms with Crippen LogP contribution >= 0.6 is 0 Å². The number of rotatable bonds is 6. The summed E-state index contributed by atoms with van der Waals surface area (Å²) < 4.78 is 7.41. The molecule has 0 unspecified atom stereocenters. The molecule has 0 saturated carbocycles. The van der Waals surface area contributed by atoms with Crippen LogP contribution in [0.2, 0.25) is 0 Å². The molecular weight excluding hydrogens is 368 g/mol. The molecule has 29 heavy (non-hydrogen) atoms. The molecule has 1 amide bonds. The average molecular weight is 394 g/mol. The molecule has 1 aromatic carbocycles. The van der Waals surface area contributed by atoms with Crippen LogP contribution in [-0.4, -0.2) is 46.8 Å². The molecule has 8 heteroatoms. The van der Waals surface area contributed by atoms with Gasteiger partial charge < -0.3 is 20.3 Å². The number of hydrogen-bond donors (Lipinski definition) is 2. The van der Waals surface area contributed by atoms with Crippen LogP contribution in [0.15, 0.2) is 36.4 Å². The summed E-state index contributed by atoms with van der Waals surface area (Å²) in [5.41, 5.74) is 3.33. The maximum absolute atomic E-state index is 11.9. The second-order valence-electron chi connectivity index (χ2n) is 6.93. The number of nitrogens with zero attached hydrogens (tertiary/aromatic N) is 4. The highest BCUT2D eigenvalue weighted by molar-refractivity contribution is 5.94. The second-order valence-corrected chi connectivity index (χ2v) is 6.93. The molecule has 2 N–H and O–H groups in total. The highest BCUT2D eigenvalue weighted by atomic mass is 16.5. The summed E-state index contributed by atoms with van der Waals surface area (Å²) in [6.07, 6.45) is 1.27. The molecule has 1 fully saturated rings. The lowest BCUT2D eigenvalue weighted by Crippen LogP contribution is -2.37. The molecule has 0 aliphatic carbocycles. The van der Waals surface area contributed by atoms with Crippen LogP contribution in [0, 0.1) is 0 Å². The minimum absolute atomic E-state index is 0.0277. The Morgan fingerprint density at radius 3 is 2.62 bits per heavy atom. The number of nitrogens with one attached hydrogen (secondary N) is 2. The number of amides is 1. The van der Waals surface area contributed by atoms with Crippen molar-refractivity contribution in [2.24, 2.45) is 0 Å². The topological polar surface area (TPSA) is 83.8 Å². The molecule has 3 heterocycles. The molecule has 0 radical (unpaired) electrons. The van der Waals surface area contributed by atoms with E-state index in [1.165, 1.54) is 0 Å². The predicted octanol–water partition coefficient (Wildman–Crippen LogP) is 3.22. The van der Waals surface area contributed by atoms with Crippen LogP contribution < -0.4 is 15.5 Å². The first-order valence-electron chi connectivity index (χ1n) is 10.1. The second kappa shape index (κ2) is 8.48. The van der Waals surface area contributed by atoms with Crippen molar-refractivity contribution in [3.8, 4) is 0 Å². The van der Waals surface area contributed by atoms with Gasteiger partial charge in [-0.1, -0.05) is 26.0 Å². The fraction of sp³-hybridized carbons (Fsp3) is 0.381. The van der Waals surface area contributed by atoms with Crippen LogP contribution in [0.4, 0.5) is 23.0 Å². The fourth-order valence-electron chi connectivity index (χ4n) is 3.34. The van der Waals surface area contributed by atoms with Gasteiger partial charge >= 0.3 is 0 Å². The molecule has 8 nitrogen and oxygen atoms in total. The smallest absolute Gasteiger partial charge is 0.224 e. The van der Waals surface area contributed by atoms with E-state index in [0.29, 0.717) is 25.5 Å². The molecule has 3 aromatic rings. The van der Waals surface area contributed by atoms with Crippen molar-refractivity contribution in [1.29, 1.82) is 0 Å². The lowest BCUT2D eigenvalue weighted by molar-refractivity contribution is -0.115. The number of aryl methyl sites for hydroxylation is 1. The van der Waals surface area contributed by atoms with E-state index in [1.54, 1.807) is 0 Å². The standard InChI is InChI=1S/C21H26N6O2/c1-3-15-13-19-24-18(14-21(27(19)25-15)26-9-11-29-12-10-26)22-16-7-5-6-8-17(16)23-20(28)4-2/h5-8,13-14H,3-4,9-12H2,1-2H3,(H,22,24)(H,23,28). The zero-order valence-corrected chi connectivity index (χ0v) is 16.8. The van der Waals surface area contributed by atoms with E-state index >= 15 is 0 Å². The van der Waals surface area contributed by atoms with Crippen molar-refractivity contribution >= 4 is 34.6 Å². The zero-order valence-electron chi connectivity index (χ0n) is 16.8. The molecule has 4 rings (SSSR count). The van der Waals surface area contributed by atoms with Gasteiger partial charge in [0.05, 0.1) is 30.3 Å². The molecule has 0 atom stereocenters. The summed E-state index contributed by atoms with van der Waals surface area (Å²) in [6, 6.07) is 11.7. The van der Waals surface area contributed by atoms with Gasteiger partial charge in [-0.2, -0.15) is 9.61 Å². The molecular formula is C21H26N6O2. The van der Waals surface area contributed by atoms with Gasteiger partial charge in [-0.05, 0) is 18.6 Å². The molecule has 1 aliphatic heterocycles. The van der Waals surface area contributed by atoms with Gasteiger partial charge in [0.2, 0.25) is 5.91 Å². The molecule has 0 spiro atoms. The highest BCUT2D eigenvalue weighted by Gasteiger charge is 2.18. The van der Waals surface area contributed by atoms with Crippen LogP contribution in [-0.2, 0) is 16.0 Å². The Labute approximate surface area is 169 Å². The van der Waals surface area contributed by atoms with Crippen LogP contribution in [0.1, 0.15) is 26.0 Å². The summed E-state index contributed by atoms with van der Waals surface area (Å²) in [4.78, 5) is 18.9. The summed E-state index contributed by atoms with van der Waals surface area (Å²) in [5, 5.41) is 11.0. The molecule has 2 aromatic heterocycles. The third kappa shape index (κ3) is 4.17. The number of carbonyl (C=O) groups excluding carboxylic acids is 1. The number of ether oxygens (including phenoxy) is 1. The van der Waals surface area contributed by atoms with Gasteiger partial charge in [0.1, 0.15) is 11.6 Å². The molecule has 1 aliphatic rings. The van der Waals surface area contributed by atoms with Crippen molar-refractivity contribution in [1.82, 2.24) is 14.6 Å². The van der Waals surface area contributed by atoms with E-state index in [4.69, 9.17) is 14.8 Å². The Morgan fingerprint density at radius 1 is 1.14 bits per heavy atom. The third-order valence-corrected chi connectivity index (χ3v) is 4.94. The van der Waals surface area contributed by atoms with E-state index in [-0.39, 0.29) is 5.91 Å². The predicted molar refractivity (Wildman–Crippen MR) is 114 cm³/mol. The lowest BCUT2D eigenvalue weighted by Gasteiger charge is -2.29. The number of fused-ring (bicyclic) bond motifs is 1. The van der Waals surface area contributed by atoms with Crippen LogP contribution in [0.5, 0.6) is 0 Å². The highest BCUT2D eigenvalue weighted by Crippen LogP contribution is 2.28. The van der Waals surface area contributed by atoms with E-state index in [9.17, 15) is 4.79 Å². The van der Waals surface area contributed by atoms with E-state index in [0.717, 1.165) is 48.0 Å². The Morgan fingerprint density at radius 2 is 1.90 bits per heavy atom. The van der Waals surface area contributed by atoms with Crippen LogP contribution in [0.25, 0.3) is 5.65 Å². The van der Waals surface area contributed by atoms with E-state index in [1.807, 2.05) is 47.8 Å². The minimum atomic E-state index is -0.0277. The Hall–Kier alpha value is -3.13. The van der Waals surface area contributed by atoms with Crippen molar-refractivity contribution in [2.45, 2.75) is 26.7 Å². The van der Waals surface area contributed by atoms with Crippen molar-refractivity contribution in [3.63, 3.8) is 0 Å². The van der Waals surface area contributed by atoms with Gasteiger partial charge in [0, 0.05) is 31.6 Å². The largest absolute Gasteiger partial charge is 0.378 e. The monoisotopic (exact) mass is 394 g/mol. The van der Waals surface area contributed by atoms with Gasteiger partial charge in [-0.3, -0.25) is 4.79 Å². The van der Waals surface area contributed by atoms with Crippen LogP contribution in [0.3, 0.4) is 0 Å². The number of anilines is 4. The van der Waals surface area contributed by atoms with Crippen molar-refractivity contribution in [3.05, 3.63) is 42.1 Å². The summed E-state index contributed by atoms with van der Waals surface area (Å²) in [6.45, 7) is 6.93. The SMILES string of the molecule is CCC(=O)Nc1ccccc1Nc1cc(N2CCOCC2)n2nc(CC)cc2n1. The van der Waals surface area contributed by atoms with Gasteiger partial charge in [0.25, 0.3) is 0 Å². The summed E-state index contributed by atoms with van der Waals surface area (Å²) in [7, 11) is 0. The average Bonchev–Trinajstić information content (AvgIpc) is 3.18. The molecule has 0 bridgehead atoms. The minimum Gasteiger partial charge on any atom is -0.378 e. The first-order valence-corrected chi connectivity index (χ1v) is 10.1. The van der Waals surface area contributed by atoms with Gasteiger partial charge in [-0.25, -0.2) is 4.98 Å². The number of morpholine rings is 1. The Kier molecular flexibility index (Phi) is 5.62. The molecule has 1 saturated heterocycles. The van der Waals surface area contributed by atoms with E-state index < -0.39 is 0 Å². The van der Waals surface area contributed by atoms with E-state index in [2.05, 4.69) is 22.5 Å². The van der Waals surface area contributed by atoms with Crippen molar-refractivity contribution in [2.75, 3.05) is 41.8 Å². The summed E-state index contributed by atoms with van der Waals surface area (Å²) in [5.74, 6) is 1.66. The number of carbonyl (C=O) groups is 1. The Bertz CT molecular complexity index is 1010. The molecule has 152 valence electrons.